The van der Waals surface area contributed by atoms with Gasteiger partial charge in [0.25, 0.3) is 0 Å². The summed E-state index contributed by atoms with van der Waals surface area (Å²) in [4.78, 5) is 20.9. The van der Waals surface area contributed by atoms with E-state index in [0.29, 0.717) is 5.15 Å². The molecule has 1 fully saturated rings. The van der Waals surface area contributed by atoms with Gasteiger partial charge in [-0.2, -0.15) is 0 Å². The van der Waals surface area contributed by atoms with Gasteiger partial charge in [0.05, 0.1) is 5.52 Å². The first-order chi connectivity index (χ1) is 13.9. The maximum Gasteiger partial charge on any atom is 0.159 e. The third-order valence-corrected chi connectivity index (χ3v) is 6.27. The van der Waals surface area contributed by atoms with Crippen LogP contribution in [0.2, 0.25) is 5.15 Å². The number of rotatable bonds is 4. The molecule has 0 aliphatic carbocycles. The number of anilines is 1. The summed E-state index contributed by atoms with van der Waals surface area (Å²) in [6, 6.07) is 14.4. The number of hydrogen-bond donors (Lipinski definition) is 0. The summed E-state index contributed by atoms with van der Waals surface area (Å²) in [5, 5.41) is 1.75. The second kappa shape index (κ2) is 8.13. The third-order valence-electron chi connectivity index (χ3n) is 5.94. The monoisotopic (exact) mass is 407 g/mol. The summed E-state index contributed by atoms with van der Waals surface area (Å²) < 4.78 is 0. The fraction of sp³-hybridized carbons (Fsp3) is 0.333. The molecule has 0 bridgehead atoms. The zero-order chi connectivity index (χ0) is 20.5. The molecular formula is C24H26ClN3O. The largest absolute Gasteiger partial charge is 0.369 e. The van der Waals surface area contributed by atoms with Crippen molar-refractivity contribution in [2.75, 3.05) is 31.1 Å². The highest BCUT2D eigenvalue weighted by atomic mass is 35.5. The van der Waals surface area contributed by atoms with Gasteiger partial charge in [-0.1, -0.05) is 23.7 Å². The van der Waals surface area contributed by atoms with E-state index >= 15 is 0 Å². The standard InChI is InChI=1S/C24H26ClN3O/c1-16-4-5-20-14-21(24(25)26-23(20)17(16)2)15-27-10-12-28(13-11-27)22-8-6-19(7-9-22)18(3)29/h4-9,14H,10-13,15H2,1-3H3. The molecule has 29 heavy (non-hydrogen) atoms. The fourth-order valence-electron chi connectivity index (χ4n) is 3.93. The fourth-order valence-corrected chi connectivity index (χ4v) is 4.13. The second-order valence-electron chi connectivity index (χ2n) is 7.88. The Morgan fingerprint density at radius 3 is 2.38 bits per heavy atom. The van der Waals surface area contributed by atoms with Gasteiger partial charge in [0.1, 0.15) is 5.15 Å². The van der Waals surface area contributed by atoms with Crippen LogP contribution >= 0.6 is 11.6 Å². The minimum Gasteiger partial charge on any atom is -0.369 e. The summed E-state index contributed by atoms with van der Waals surface area (Å²) in [5.41, 5.74) is 6.45. The number of pyridine rings is 1. The predicted octanol–water partition coefficient (Wildman–Crippen LogP) is 5.03. The van der Waals surface area contributed by atoms with Crippen molar-refractivity contribution in [3.05, 3.63) is 69.9 Å². The molecule has 5 heteroatoms. The Morgan fingerprint density at radius 2 is 1.72 bits per heavy atom. The number of Topliss-reactive ketones (excluding diaryl/α,β-unsaturated/α-hetero) is 1. The van der Waals surface area contributed by atoms with Gasteiger partial charge in [-0.15, -0.1) is 0 Å². The molecule has 4 rings (SSSR count). The summed E-state index contributed by atoms with van der Waals surface area (Å²) in [6.07, 6.45) is 0. The Balaban J connectivity index is 1.43. The van der Waals surface area contributed by atoms with Gasteiger partial charge in [-0.25, -0.2) is 4.98 Å². The Labute approximate surface area is 177 Å². The van der Waals surface area contributed by atoms with E-state index in [-0.39, 0.29) is 5.78 Å². The zero-order valence-electron chi connectivity index (χ0n) is 17.2. The van der Waals surface area contributed by atoms with Crippen molar-refractivity contribution in [3.8, 4) is 0 Å². The number of aromatic nitrogens is 1. The van der Waals surface area contributed by atoms with Gasteiger partial charge < -0.3 is 4.90 Å². The highest BCUT2D eigenvalue weighted by molar-refractivity contribution is 6.30. The quantitative estimate of drug-likeness (QED) is 0.449. The maximum absolute atomic E-state index is 11.5. The molecule has 0 unspecified atom stereocenters. The molecule has 0 saturated carbocycles. The van der Waals surface area contributed by atoms with E-state index in [1.54, 1.807) is 6.92 Å². The number of halogens is 1. The molecule has 0 radical (unpaired) electrons. The summed E-state index contributed by atoms with van der Waals surface area (Å²) in [6.45, 7) is 10.5. The molecule has 0 atom stereocenters. The van der Waals surface area contributed by atoms with Crippen molar-refractivity contribution in [1.82, 2.24) is 9.88 Å². The van der Waals surface area contributed by atoms with E-state index in [1.165, 1.54) is 16.8 Å². The maximum atomic E-state index is 11.5. The first-order valence-electron chi connectivity index (χ1n) is 10.1. The van der Waals surface area contributed by atoms with Crippen molar-refractivity contribution in [2.45, 2.75) is 27.3 Å². The summed E-state index contributed by atoms with van der Waals surface area (Å²) >= 11 is 6.54. The number of benzene rings is 2. The Kier molecular flexibility index (Phi) is 5.57. The van der Waals surface area contributed by atoms with E-state index in [1.807, 2.05) is 24.3 Å². The number of piperazine rings is 1. The predicted molar refractivity (Wildman–Crippen MR) is 120 cm³/mol. The first-order valence-corrected chi connectivity index (χ1v) is 10.4. The topological polar surface area (TPSA) is 36.4 Å². The summed E-state index contributed by atoms with van der Waals surface area (Å²) in [5.74, 6) is 0.104. The Hall–Kier alpha value is -2.43. The SMILES string of the molecule is CC(=O)c1ccc(N2CCN(Cc3cc4ccc(C)c(C)c4nc3Cl)CC2)cc1. The molecule has 1 aromatic heterocycles. The molecule has 4 nitrogen and oxygen atoms in total. The molecule has 0 N–H and O–H groups in total. The van der Waals surface area contributed by atoms with Gasteiger partial charge in [-0.05, 0) is 62.2 Å². The van der Waals surface area contributed by atoms with Crippen molar-refractivity contribution < 1.29 is 4.79 Å². The van der Waals surface area contributed by atoms with Crippen LogP contribution in [0.25, 0.3) is 10.9 Å². The van der Waals surface area contributed by atoms with Gasteiger partial charge in [-0.3, -0.25) is 9.69 Å². The van der Waals surface area contributed by atoms with Crippen LogP contribution in [0.1, 0.15) is 34.0 Å². The molecule has 1 aliphatic rings. The van der Waals surface area contributed by atoms with Crippen LogP contribution in [0.5, 0.6) is 0 Å². The molecule has 0 amide bonds. The number of ketones is 1. The van der Waals surface area contributed by atoms with Crippen molar-refractivity contribution in [2.24, 2.45) is 0 Å². The number of fused-ring (bicyclic) bond motifs is 1. The normalized spacial score (nSPS) is 15.1. The molecular weight excluding hydrogens is 382 g/mol. The van der Waals surface area contributed by atoms with Crippen LogP contribution in [0, 0.1) is 13.8 Å². The number of carbonyl (C=O) groups is 1. The highest BCUT2D eigenvalue weighted by Gasteiger charge is 2.19. The Morgan fingerprint density at radius 1 is 1.03 bits per heavy atom. The van der Waals surface area contributed by atoms with Crippen molar-refractivity contribution in [1.29, 1.82) is 0 Å². The minimum absolute atomic E-state index is 0.104. The van der Waals surface area contributed by atoms with Crippen LogP contribution in [-0.4, -0.2) is 41.8 Å². The average molecular weight is 408 g/mol. The first kappa shape index (κ1) is 19.9. The smallest absolute Gasteiger partial charge is 0.159 e. The van der Waals surface area contributed by atoms with Crippen LogP contribution in [-0.2, 0) is 6.54 Å². The lowest BCUT2D eigenvalue weighted by Gasteiger charge is -2.36. The van der Waals surface area contributed by atoms with Crippen LogP contribution in [0.4, 0.5) is 5.69 Å². The number of aryl methyl sites for hydroxylation is 2. The lowest BCUT2D eigenvalue weighted by molar-refractivity contribution is 0.101. The molecule has 150 valence electrons. The molecule has 2 heterocycles. The lowest BCUT2D eigenvalue weighted by atomic mass is 10.0. The molecule has 3 aromatic rings. The van der Waals surface area contributed by atoms with Gasteiger partial charge in [0.15, 0.2) is 5.78 Å². The van der Waals surface area contributed by atoms with E-state index in [2.05, 4.69) is 46.8 Å². The minimum atomic E-state index is 0.104. The highest BCUT2D eigenvalue weighted by Crippen LogP contribution is 2.26. The van der Waals surface area contributed by atoms with E-state index in [0.717, 1.165) is 54.8 Å². The van der Waals surface area contributed by atoms with Crippen LogP contribution in [0.15, 0.2) is 42.5 Å². The number of nitrogens with zero attached hydrogens (tertiary/aromatic N) is 3. The van der Waals surface area contributed by atoms with E-state index in [9.17, 15) is 4.79 Å². The van der Waals surface area contributed by atoms with Gasteiger partial charge in [0, 0.05) is 54.9 Å². The Bertz CT molecular complexity index is 1050. The average Bonchev–Trinajstić information content (AvgIpc) is 2.73. The number of hydrogen-bond acceptors (Lipinski definition) is 4. The zero-order valence-corrected chi connectivity index (χ0v) is 18.0. The van der Waals surface area contributed by atoms with Crippen LogP contribution in [0.3, 0.4) is 0 Å². The van der Waals surface area contributed by atoms with E-state index < -0.39 is 0 Å². The van der Waals surface area contributed by atoms with Crippen molar-refractivity contribution >= 4 is 34.0 Å². The van der Waals surface area contributed by atoms with Gasteiger partial charge in [0.2, 0.25) is 0 Å². The second-order valence-corrected chi connectivity index (χ2v) is 8.24. The molecule has 2 aromatic carbocycles. The van der Waals surface area contributed by atoms with E-state index in [4.69, 9.17) is 11.6 Å². The number of carbonyl (C=O) groups excluding carboxylic acids is 1. The molecule has 0 spiro atoms. The van der Waals surface area contributed by atoms with Crippen LogP contribution < -0.4 is 4.90 Å². The molecule has 1 saturated heterocycles. The third kappa shape index (κ3) is 4.14. The van der Waals surface area contributed by atoms with Crippen molar-refractivity contribution in [3.63, 3.8) is 0 Å². The lowest BCUT2D eigenvalue weighted by Crippen LogP contribution is -2.46. The molecule has 1 aliphatic heterocycles. The van der Waals surface area contributed by atoms with Gasteiger partial charge >= 0.3 is 0 Å². The summed E-state index contributed by atoms with van der Waals surface area (Å²) in [7, 11) is 0.